The van der Waals surface area contributed by atoms with Gasteiger partial charge in [-0.05, 0) is 72.8 Å². The molecule has 0 spiro atoms. The van der Waals surface area contributed by atoms with Crippen molar-refractivity contribution in [2.75, 3.05) is 18.0 Å². The average molecular weight is 339 g/mol. The molecule has 2 nitrogen and oxygen atoms in total. The lowest BCUT2D eigenvalue weighted by Gasteiger charge is -2.34. The third-order valence-electron chi connectivity index (χ3n) is 4.09. The fourth-order valence-corrected chi connectivity index (χ4v) is 3.58. The zero-order chi connectivity index (χ0) is 14.8. The third-order valence-corrected chi connectivity index (χ3v) is 4.72. The number of benzene rings is 1. The Morgan fingerprint density at radius 2 is 2.10 bits per heavy atom. The summed E-state index contributed by atoms with van der Waals surface area (Å²) in [5.41, 5.74) is 2.96. The first-order valence-corrected chi connectivity index (χ1v) is 8.46. The maximum absolute atomic E-state index is 3.76. The third kappa shape index (κ3) is 3.76. The van der Waals surface area contributed by atoms with E-state index in [-0.39, 0.29) is 5.54 Å². The van der Waals surface area contributed by atoms with E-state index in [1.807, 2.05) is 0 Å². The number of halogens is 1. The molecule has 1 aromatic carbocycles. The normalized spacial score (nSPS) is 18.0. The van der Waals surface area contributed by atoms with Crippen molar-refractivity contribution < 1.29 is 0 Å². The number of anilines is 1. The molecule has 0 radical (unpaired) electrons. The Bertz CT molecular complexity index is 454. The van der Waals surface area contributed by atoms with Crippen LogP contribution in [-0.2, 0) is 6.54 Å². The van der Waals surface area contributed by atoms with Crippen LogP contribution in [0.2, 0.25) is 0 Å². The molecule has 2 rings (SSSR count). The molecule has 1 saturated heterocycles. The Balaban J connectivity index is 2.06. The molecular weight excluding hydrogens is 312 g/mol. The van der Waals surface area contributed by atoms with E-state index < -0.39 is 0 Å². The molecule has 0 aliphatic carbocycles. The Hall–Kier alpha value is -0.540. The van der Waals surface area contributed by atoms with Crippen LogP contribution in [0.5, 0.6) is 0 Å². The molecule has 1 N–H and O–H groups in total. The molecule has 0 amide bonds. The van der Waals surface area contributed by atoms with E-state index in [0.29, 0.717) is 5.92 Å². The van der Waals surface area contributed by atoms with Gasteiger partial charge in [-0.25, -0.2) is 0 Å². The minimum Gasteiger partial charge on any atom is -0.366 e. The highest BCUT2D eigenvalue weighted by atomic mass is 79.9. The second-order valence-electron chi connectivity index (χ2n) is 6.88. The van der Waals surface area contributed by atoms with Gasteiger partial charge in [0.2, 0.25) is 0 Å². The van der Waals surface area contributed by atoms with Crippen molar-refractivity contribution in [3.8, 4) is 0 Å². The predicted molar refractivity (Wildman–Crippen MR) is 91.3 cm³/mol. The van der Waals surface area contributed by atoms with Gasteiger partial charge in [0.15, 0.2) is 0 Å². The van der Waals surface area contributed by atoms with Crippen LogP contribution < -0.4 is 10.2 Å². The molecule has 1 heterocycles. The van der Waals surface area contributed by atoms with Crippen molar-refractivity contribution in [1.82, 2.24) is 5.32 Å². The largest absolute Gasteiger partial charge is 0.366 e. The van der Waals surface area contributed by atoms with Gasteiger partial charge >= 0.3 is 0 Å². The second-order valence-corrected chi connectivity index (χ2v) is 7.73. The van der Waals surface area contributed by atoms with Crippen molar-refractivity contribution in [3.05, 3.63) is 28.2 Å². The summed E-state index contributed by atoms with van der Waals surface area (Å²) in [7, 11) is 0. The molecule has 3 heteroatoms. The van der Waals surface area contributed by atoms with Crippen LogP contribution in [0.25, 0.3) is 0 Å². The van der Waals surface area contributed by atoms with Gasteiger partial charge in [-0.2, -0.15) is 0 Å². The van der Waals surface area contributed by atoms with Gasteiger partial charge in [-0.15, -0.1) is 0 Å². The lowest BCUT2D eigenvalue weighted by Crippen LogP contribution is -2.38. The van der Waals surface area contributed by atoms with E-state index >= 15 is 0 Å². The van der Waals surface area contributed by atoms with E-state index in [1.165, 1.54) is 28.6 Å². The molecular formula is C17H27BrN2. The first-order chi connectivity index (χ1) is 9.40. The van der Waals surface area contributed by atoms with Crippen molar-refractivity contribution in [2.24, 2.45) is 5.92 Å². The molecule has 0 unspecified atom stereocenters. The molecule has 0 atom stereocenters. The fourth-order valence-electron chi connectivity index (χ4n) is 2.94. The highest BCUT2D eigenvalue weighted by Gasteiger charge is 2.32. The Morgan fingerprint density at radius 3 is 2.65 bits per heavy atom. The average Bonchev–Trinajstić information content (AvgIpc) is 2.69. The van der Waals surface area contributed by atoms with Gasteiger partial charge in [-0.3, -0.25) is 0 Å². The standard InChI is InChI=1S/C17H27BrN2/c1-13(2)11-19-12-14-6-7-16(15(18)10-14)20-9-5-8-17(20,3)4/h6-7,10,13,19H,5,8-9,11-12H2,1-4H3. The van der Waals surface area contributed by atoms with Crippen molar-refractivity contribution >= 4 is 21.6 Å². The molecule has 0 saturated carbocycles. The van der Waals surface area contributed by atoms with Gasteiger partial charge < -0.3 is 10.2 Å². The summed E-state index contributed by atoms with van der Waals surface area (Å²) in [4.78, 5) is 2.53. The predicted octanol–water partition coefficient (Wildman–Crippen LogP) is 4.57. The molecule has 1 fully saturated rings. The van der Waals surface area contributed by atoms with Gasteiger partial charge in [-0.1, -0.05) is 19.9 Å². The molecule has 1 aromatic rings. The number of hydrogen-bond donors (Lipinski definition) is 1. The Labute approximate surface area is 132 Å². The van der Waals surface area contributed by atoms with E-state index in [0.717, 1.165) is 19.6 Å². The minimum absolute atomic E-state index is 0.278. The molecule has 0 aromatic heterocycles. The number of nitrogens with one attached hydrogen (secondary N) is 1. The minimum atomic E-state index is 0.278. The lowest BCUT2D eigenvalue weighted by molar-refractivity contribution is 0.517. The van der Waals surface area contributed by atoms with Crippen LogP contribution in [0.1, 0.15) is 46.1 Å². The van der Waals surface area contributed by atoms with Crippen molar-refractivity contribution in [1.29, 1.82) is 0 Å². The molecule has 1 aliphatic heterocycles. The van der Waals surface area contributed by atoms with Crippen LogP contribution in [0.4, 0.5) is 5.69 Å². The van der Waals surface area contributed by atoms with Gasteiger partial charge in [0.1, 0.15) is 0 Å². The van der Waals surface area contributed by atoms with E-state index in [2.05, 4.69) is 72.0 Å². The highest BCUT2D eigenvalue weighted by molar-refractivity contribution is 9.10. The maximum atomic E-state index is 3.76. The first-order valence-electron chi connectivity index (χ1n) is 7.67. The van der Waals surface area contributed by atoms with E-state index in [4.69, 9.17) is 0 Å². The SMILES string of the molecule is CC(C)CNCc1ccc(N2CCCC2(C)C)c(Br)c1. The monoisotopic (exact) mass is 338 g/mol. The van der Waals surface area contributed by atoms with Crippen molar-refractivity contribution in [3.63, 3.8) is 0 Å². The Morgan fingerprint density at radius 1 is 1.35 bits per heavy atom. The number of nitrogens with zero attached hydrogens (tertiary/aromatic N) is 1. The quantitative estimate of drug-likeness (QED) is 0.845. The highest BCUT2D eigenvalue weighted by Crippen LogP contribution is 2.37. The summed E-state index contributed by atoms with van der Waals surface area (Å²) in [6.07, 6.45) is 2.56. The Kier molecular flexibility index (Phi) is 5.14. The van der Waals surface area contributed by atoms with Crippen LogP contribution in [-0.4, -0.2) is 18.6 Å². The first kappa shape index (κ1) is 15.8. The van der Waals surface area contributed by atoms with Crippen LogP contribution in [0.15, 0.2) is 22.7 Å². The lowest BCUT2D eigenvalue weighted by atomic mass is 10.0. The molecule has 112 valence electrons. The number of rotatable bonds is 5. The molecule has 1 aliphatic rings. The molecule has 0 bridgehead atoms. The number of hydrogen-bond acceptors (Lipinski definition) is 2. The maximum Gasteiger partial charge on any atom is 0.0515 e. The summed E-state index contributed by atoms with van der Waals surface area (Å²) < 4.78 is 1.22. The van der Waals surface area contributed by atoms with Gasteiger partial charge in [0.05, 0.1) is 5.69 Å². The zero-order valence-corrected chi connectivity index (χ0v) is 14.8. The van der Waals surface area contributed by atoms with Crippen LogP contribution in [0.3, 0.4) is 0 Å². The van der Waals surface area contributed by atoms with Crippen molar-refractivity contribution in [2.45, 2.75) is 52.6 Å². The zero-order valence-electron chi connectivity index (χ0n) is 13.2. The van der Waals surface area contributed by atoms with Gasteiger partial charge in [0, 0.05) is 23.1 Å². The smallest absolute Gasteiger partial charge is 0.0515 e. The summed E-state index contributed by atoms with van der Waals surface area (Å²) in [6, 6.07) is 6.78. The summed E-state index contributed by atoms with van der Waals surface area (Å²) >= 11 is 3.76. The fraction of sp³-hybridized carbons (Fsp3) is 0.647. The van der Waals surface area contributed by atoms with Crippen LogP contribution >= 0.6 is 15.9 Å². The second kappa shape index (κ2) is 6.48. The van der Waals surface area contributed by atoms with E-state index in [1.54, 1.807) is 0 Å². The summed E-state index contributed by atoms with van der Waals surface area (Å²) in [5.74, 6) is 0.697. The van der Waals surface area contributed by atoms with E-state index in [9.17, 15) is 0 Å². The van der Waals surface area contributed by atoms with Crippen LogP contribution in [0, 0.1) is 5.92 Å². The van der Waals surface area contributed by atoms with Gasteiger partial charge in [0.25, 0.3) is 0 Å². The summed E-state index contributed by atoms with van der Waals surface area (Å²) in [6.45, 7) is 12.3. The summed E-state index contributed by atoms with van der Waals surface area (Å²) in [5, 5.41) is 3.50. The topological polar surface area (TPSA) is 15.3 Å². The molecule has 20 heavy (non-hydrogen) atoms.